The van der Waals surface area contributed by atoms with Crippen LogP contribution in [0.2, 0.25) is 5.02 Å². The highest BCUT2D eigenvalue weighted by Crippen LogP contribution is 2.29. The maximum atomic E-state index is 11.1. The molecule has 0 unspecified atom stereocenters. The van der Waals surface area contributed by atoms with E-state index in [1.165, 1.54) is 11.8 Å². The summed E-state index contributed by atoms with van der Waals surface area (Å²) in [5.41, 5.74) is 0. The first-order chi connectivity index (χ1) is 8.11. The standard InChI is InChI=1S/C12H14Cl2O2S/c1-2-16-12(15)8-7-11(14)17-10-5-3-9(13)4-6-10/h3-6,11H,2,7-8H2,1H3/t11-/m0/s1. The minimum absolute atomic E-state index is 0.138. The van der Waals surface area contributed by atoms with Gasteiger partial charge in [0.15, 0.2) is 0 Å². The van der Waals surface area contributed by atoms with E-state index in [9.17, 15) is 4.79 Å². The molecule has 1 rings (SSSR count). The molecule has 1 aromatic carbocycles. The minimum Gasteiger partial charge on any atom is -0.466 e. The van der Waals surface area contributed by atoms with Gasteiger partial charge in [0.1, 0.15) is 0 Å². The molecule has 0 heterocycles. The fraction of sp³-hybridized carbons (Fsp3) is 0.417. The largest absolute Gasteiger partial charge is 0.466 e. The molecule has 0 saturated heterocycles. The Bertz CT molecular complexity index is 354. The average Bonchev–Trinajstić information content (AvgIpc) is 2.30. The molecule has 0 radical (unpaired) electrons. The van der Waals surface area contributed by atoms with Crippen molar-refractivity contribution in [3.05, 3.63) is 29.3 Å². The summed E-state index contributed by atoms with van der Waals surface area (Å²) in [7, 11) is 0. The van der Waals surface area contributed by atoms with Crippen LogP contribution in [-0.4, -0.2) is 17.3 Å². The van der Waals surface area contributed by atoms with E-state index >= 15 is 0 Å². The van der Waals surface area contributed by atoms with Gasteiger partial charge in [-0.1, -0.05) is 11.6 Å². The van der Waals surface area contributed by atoms with Gasteiger partial charge in [0, 0.05) is 16.3 Å². The van der Waals surface area contributed by atoms with Crippen LogP contribution in [0.3, 0.4) is 0 Å². The molecule has 0 saturated carbocycles. The Morgan fingerprint density at radius 1 is 1.41 bits per heavy atom. The Hall–Kier alpha value is -0.380. The normalized spacial score (nSPS) is 12.2. The number of hydrogen-bond acceptors (Lipinski definition) is 3. The molecular formula is C12H14Cl2O2S. The summed E-state index contributed by atoms with van der Waals surface area (Å²) in [6.07, 6.45) is 0.941. The van der Waals surface area contributed by atoms with Crippen molar-refractivity contribution in [3.8, 4) is 0 Å². The molecule has 0 spiro atoms. The Morgan fingerprint density at radius 3 is 2.65 bits per heavy atom. The molecule has 0 bridgehead atoms. The second-order valence-corrected chi connectivity index (χ2v) is 5.82. The molecule has 1 aromatic rings. The van der Waals surface area contributed by atoms with Crippen molar-refractivity contribution < 1.29 is 9.53 Å². The number of carbonyl (C=O) groups is 1. The number of ether oxygens (including phenoxy) is 1. The Balaban J connectivity index is 2.31. The molecule has 0 aliphatic heterocycles. The first-order valence-electron chi connectivity index (χ1n) is 5.33. The van der Waals surface area contributed by atoms with E-state index in [2.05, 4.69) is 0 Å². The van der Waals surface area contributed by atoms with Gasteiger partial charge in [-0.3, -0.25) is 4.79 Å². The summed E-state index contributed by atoms with van der Waals surface area (Å²) in [5, 5.41) is 0.701. The fourth-order valence-electron chi connectivity index (χ4n) is 1.18. The lowest BCUT2D eigenvalue weighted by atomic mass is 10.3. The highest BCUT2D eigenvalue weighted by molar-refractivity contribution is 8.01. The molecule has 2 nitrogen and oxygen atoms in total. The third-order valence-corrected chi connectivity index (χ3v) is 3.73. The SMILES string of the molecule is CCOC(=O)CC[C@@H](Cl)Sc1ccc(Cl)cc1. The van der Waals surface area contributed by atoms with E-state index in [0.29, 0.717) is 24.5 Å². The van der Waals surface area contributed by atoms with E-state index in [1.807, 2.05) is 24.3 Å². The average molecular weight is 293 g/mol. The van der Waals surface area contributed by atoms with Crippen molar-refractivity contribution in [1.82, 2.24) is 0 Å². The van der Waals surface area contributed by atoms with Crippen LogP contribution in [-0.2, 0) is 9.53 Å². The predicted octanol–water partition coefficient (Wildman–Crippen LogP) is 4.34. The van der Waals surface area contributed by atoms with Crippen LogP contribution >= 0.6 is 35.0 Å². The number of thioether (sulfide) groups is 1. The lowest BCUT2D eigenvalue weighted by molar-refractivity contribution is -0.143. The minimum atomic E-state index is -0.199. The van der Waals surface area contributed by atoms with E-state index in [-0.39, 0.29) is 10.7 Å². The molecule has 0 amide bonds. The van der Waals surface area contributed by atoms with Gasteiger partial charge in [-0.25, -0.2) is 0 Å². The van der Waals surface area contributed by atoms with E-state index in [1.54, 1.807) is 6.92 Å². The molecule has 0 N–H and O–H groups in total. The number of carbonyl (C=O) groups excluding carboxylic acids is 1. The molecule has 17 heavy (non-hydrogen) atoms. The second kappa shape index (κ2) is 7.85. The molecule has 0 aliphatic carbocycles. The van der Waals surface area contributed by atoms with Gasteiger partial charge in [-0.15, -0.1) is 23.4 Å². The maximum Gasteiger partial charge on any atom is 0.305 e. The quantitative estimate of drug-likeness (QED) is 0.443. The van der Waals surface area contributed by atoms with Gasteiger partial charge in [0.2, 0.25) is 0 Å². The lowest BCUT2D eigenvalue weighted by Gasteiger charge is -2.08. The van der Waals surface area contributed by atoms with Crippen LogP contribution in [0.25, 0.3) is 0 Å². The van der Waals surface area contributed by atoms with Crippen LogP contribution in [0.4, 0.5) is 0 Å². The summed E-state index contributed by atoms with van der Waals surface area (Å²) < 4.78 is 4.70. The highest BCUT2D eigenvalue weighted by Gasteiger charge is 2.10. The van der Waals surface area contributed by atoms with E-state index < -0.39 is 0 Å². The monoisotopic (exact) mass is 292 g/mol. The summed E-state index contributed by atoms with van der Waals surface area (Å²) in [6, 6.07) is 7.46. The van der Waals surface area contributed by atoms with Crippen LogP contribution in [0, 0.1) is 0 Å². The summed E-state index contributed by atoms with van der Waals surface area (Å²) in [6.45, 7) is 2.20. The van der Waals surface area contributed by atoms with Gasteiger partial charge in [0.05, 0.1) is 11.3 Å². The first-order valence-corrected chi connectivity index (χ1v) is 7.03. The van der Waals surface area contributed by atoms with Crippen LogP contribution in [0.1, 0.15) is 19.8 Å². The zero-order valence-electron chi connectivity index (χ0n) is 9.49. The summed E-state index contributed by atoms with van der Waals surface area (Å²) >= 11 is 13.4. The van der Waals surface area contributed by atoms with Crippen molar-refractivity contribution in [2.75, 3.05) is 6.61 Å². The van der Waals surface area contributed by atoms with Crippen molar-refractivity contribution in [2.45, 2.75) is 29.4 Å². The molecule has 94 valence electrons. The Kier molecular flexibility index (Phi) is 6.78. The zero-order valence-corrected chi connectivity index (χ0v) is 11.8. The molecule has 0 aromatic heterocycles. The van der Waals surface area contributed by atoms with Crippen LogP contribution < -0.4 is 0 Å². The molecular weight excluding hydrogens is 279 g/mol. The third-order valence-electron chi connectivity index (χ3n) is 1.96. The lowest BCUT2D eigenvalue weighted by Crippen LogP contribution is -2.06. The van der Waals surface area contributed by atoms with Crippen molar-refractivity contribution in [3.63, 3.8) is 0 Å². The van der Waals surface area contributed by atoms with Gasteiger partial charge < -0.3 is 4.74 Å². The molecule has 0 aliphatic rings. The zero-order chi connectivity index (χ0) is 12.7. The topological polar surface area (TPSA) is 26.3 Å². The van der Waals surface area contributed by atoms with Gasteiger partial charge in [-0.2, -0.15) is 0 Å². The Labute approximate surface area is 116 Å². The fourth-order valence-corrected chi connectivity index (χ4v) is 2.55. The summed E-state index contributed by atoms with van der Waals surface area (Å²) in [5.74, 6) is -0.199. The van der Waals surface area contributed by atoms with Crippen molar-refractivity contribution in [1.29, 1.82) is 0 Å². The van der Waals surface area contributed by atoms with E-state index in [4.69, 9.17) is 27.9 Å². The van der Waals surface area contributed by atoms with Gasteiger partial charge in [-0.05, 0) is 37.6 Å². The molecule has 5 heteroatoms. The number of benzene rings is 1. The van der Waals surface area contributed by atoms with Crippen LogP contribution in [0.5, 0.6) is 0 Å². The number of esters is 1. The van der Waals surface area contributed by atoms with Gasteiger partial charge in [0.25, 0.3) is 0 Å². The van der Waals surface area contributed by atoms with E-state index in [0.717, 1.165) is 4.90 Å². The van der Waals surface area contributed by atoms with Crippen molar-refractivity contribution >= 4 is 40.9 Å². The predicted molar refractivity (Wildman–Crippen MR) is 72.8 cm³/mol. The molecule has 0 fully saturated rings. The number of hydrogen-bond donors (Lipinski definition) is 0. The second-order valence-electron chi connectivity index (χ2n) is 3.33. The van der Waals surface area contributed by atoms with Crippen molar-refractivity contribution in [2.24, 2.45) is 0 Å². The number of alkyl halides is 1. The maximum absolute atomic E-state index is 11.1. The third kappa shape index (κ3) is 6.20. The Morgan fingerprint density at radius 2 is 2.06 bits per heavy atom. The highest BCUT2D eigenvalue weighted by atomic mass is 35.5. The first kappa shape index (κ1) is 14.7. The number of halogens is 2. The smallest absolute Gasteiger partial charge is 0.305 e. The molecule has 1 atom stereocenters. The van der Waals surface area contributed by atoms with Gasteiger partial charge >= 0.3 is 5.97 Å². The summed E-state index contributed by atoms with van der Waals surface area (Å²) in [4.78, 5) is 12.2. The number of rotatable bonds is 6. The van der Waals surface area contributed by atoms with Crippen LogP contribution in [0.15, 0.2) is 29.2 Å².